The Labute approximate surface area is 175 Å². The second-order valence-electron chi connectivity index (χ2n) is 6.20. The number of aromatic nitrogens is 2. The van der Waals surface area contributed by atoms with E-state index in [1.54, 1.807) is 37.7 Å². The molecule has 1 N–H and O–H groups in total. The highest BCUT2D eigenvalue weighted by Gasteiger charge is 2.07. The molecular weight excluding hydrogens is 382 g/mol. The molecular formula is C23H23N3O4. The number of carbonyl (C=O) groups is 1. The monoisotopic (exact) mass is 405 g/mol. The molecule has 0 atom stereocenters. The topological polar surface area (TPSA) is 82.6 Å². The first-order chi connectivity index (χ1) is 14.7. The molecule has 3 rings (SSSR count). The SMILES string of the molecule is COCCOc1ncccc1NC(=O)/C=C/c1ccc(OCc2ccccn2)cc1. The van der Waals surface area contributed by atoms with Crippen LogP contribution in [0.5, 0.6) is 11.6 Å². The lowest BCUT2D eigenvalue weighted by molar-refractivity contribution is -0.111. The molecule has 30 heavy (non-hydrogen) atoms. The predicted octanol–water partition coefficient (Wildman–Crippen LogP) is 3.73. The van der Waals surface area contributed by atoms with Crippen molar-refractivity contribution >= 4 is 17.7 Å². The summed E-state index contributed by atoms with van der Waals surface area (Å²) >= 11 is 0. The number of hydrogen-bond donors (Lipinski definition) is 1. The molecule has 0 aliphatic rings. The fourth-order valence-corrected chi connectivity index (χ4v) is 2.48. The van der Waals surface area contributed by atoms with Crippen LogP contribution in [0.25, 0.3) is 6.08 Å². The lowest BCUT2D eigenvalue weighted by Crippen LogP contribution is -2.12. The molecule has 0 saturated heterocycles. The Hall–Kier alpha value is -3.71. The maximum atomic E-state index is 12.3. The number of anilines is 1. The van der Waals surface area contributed by atoms with Crippen molar-refractivity contribution in [3.63, 3.8) is 0 Å². The van der Waals surface area contributed by atoms with Gasteiger partial charge in [-0.15, -0.1) is 0 Å². The highest BCUT2D eigenvalue weighted by molar-refractivity contribution is 6.02. The molecule has 1 amide bonds. The number of nitrogens with zero attached hydrogens (tertiary/aromatic N) is 2. The third-order valence-corrected chi connectivity index (χ3v) is 3.98. The van der Waals surface area contributed by atoms with Crippen LogP contribution in [0.15, 0.2) is 73.1 Å². The maximum Gasteiger partial charge on any atom is 0.248 e. The lowest BCUT2D eigenvalue weighted by Gasteiger charge is -2.09. The number of benzene rings is 1. The first kappa shape index (κ1) is 21.0. The van der Waals surface area contributed by atoms with E-state index in [-0.39, 0.29) is 5.91 Å². The van der Waals surface area contributed by atoms with E-state index in [2.05, 4.69) is 15.3 Å². The molecule has 0 bridgehead atoms. The van der Waals surface area contributed by atoms with Crippen molar-refractivity contribution in [1.29, 1.82) is 0 Å². The van der Waals surface area contributed by atoms with Crippen molar-refractivity contribution in [3.8, 4) is 11.6 Å². The van der Waals surface area contributed by atoms with Crippen molar-refractivity contribution in [2.75, 3.05) is 25.6 Å². The van der Waals surface area contributed by atoms with Gasteiger partial charge < -0.3 is 19.5 Å². The molecule has 0 fully saturated rings. The Balaban J connectivity index is 1.52. The van der Waals surface area contributed by atoms with Crippen molar-refractivity contribution in [2.45, 2.75) is 6.61 Å². The zero-order valence-corrected chi connectivity index (χ0v) is 16.7. The van der Waals surface area contributed by atoms with Crippen LogP contribution in [-0.4, -0.2) is 36.2 Å². The Kier molecular flexibility index (Phi) is 7.93. The molecule has 2 heterocycles. The number of nitrogens with one attached hydrogen (secondary N) is 1. The highest BCUT2D eigenvalue weighted by atomic mass is 16.5. The highest BCUT2D eigenvalue weighted by Crippen LogP contribution is 2.20. The van der Waals surface area contributed by atoms with E-state index in [1.165, 1.54) is 6.08 Å². The largest absolute Gasteiger partial charge is 0.487 e. The van der Waals surface area contributed by atoms with Crippen LogP contribution in [0.1, 0.15) is 11.3 Å². The van der Waals surface area contributed by atoms with E-state index in [0.29, 0.717) is 31.4 Å². The minimum absolute atomic E-state index is 0.282. The van der Waals surface area contributed by atoms with E-state index in [1.807, 2.05) is 42.5 Å². The van der Waals surface area contributed by atoms with Gasteiger partial charge in [-0.2, -0.15) is 0 Å². The quantitative estimate of drug-likeness (QED) is 0.409. The molecule has 0 spiro atoms. The summed E-state index contributed by atoms with van der Waals surface area (Å²) < 4.78 is 16.2. The summed E-state index contributed by atoms with van der Waals surface area (Å²) in [6.45, 7) is 1.19. The van der Waals surface area contributed by atoms with Crippen LogP contribution in [0.3, 0.4) is 0 Å². The summed E-state index contributed by atoms with van der Waals surface area (Å²) in [7, 11) is 1.59. The van der Waals surface area contributed by atoms with E-state index < -0.39 is 0 Å². The van der Waals surface area contributed by atoms with Crippen LogP contribution in [0.4, 0.5) is 5.69 Å². The number of rotatable bonds is 10. The molecule has 0 aliphatic carbocycles. The van der Waals surface area contributed by atoms with Gasteiger partial charge >= 0.3 is 0 Å². The summed E-state index contributed by atoms with van der Waals surface area (Å²) in [5.41, 5.74) is 2.23. The zero-order valence-electron chi connectivity index (χ0n) is 16.7. The van der Waals surface area contributed by atoms with E-state index in [4.69, 9.17) is 14.2 Å². The summed E-state index contributed by atoms with van der Waals surface area (Å²) in [5, 5.41) is 2.77. The standard InChI is InChI=1S/C23H23N3O4/c1-28-15-16-29-23-21(6-4-14-25-23)26-22(27)12-9-18-7-10-20(11-8-18)30-17-19-5-2-3-13-24-19/h2-14H,15-17H2,1H3,(H,26,27)/b12-9+. The van der Waals surface area contributed by atoms with Crippen LogP contribution >= 0.6 is 0 Å². The molecule has 1 aromatic carbocycles. The summed E-state index contributed by atoms with van der Waals surface area (Å²) in [4.78, 5) is 20.6. The van der Waals surface area contributed by atoms with E-state index in [9.17, 15) is 4.79 Å². The second-order valence-corrected chi connectivity index (χ2v) is 6.20. The van der Waals surface area contributed by atoms with Crippen molar-refractivity contribution in [3.05, 3.63) is 84.3 Å². The van der Waals surface area contributed by atoms with Gasteiger partial charge in [0.05, 0.1) is 12.3 Å². The Morgan fingerprint density at radius 2 is 1.80 bits per heavy atom. The summed E-state index contributed by atoms with van der Waals surface area (Å²) in [5.74, 6) is 0.802. The smallest absolute Gasteiger partial charge is 0.248 e. The molecule has 0 radical (unpaired) electrons. The van der Waals surface area contributed by atoms with Crippen molar-refractivity contribution < 1.29 is 19.0 Å². The van der Waals surface area contributed by atoms with Crippen LogP contribution in [0.2, 0.25) is 0 Å². The third-order valence-electron chi connectivity index (χ3n) is 3.98. The number of hydrogen-bond acceptors (Lipinski definition) is 6. The van der Waals surface area contributed by atoms with Gasteiger partial charge in [-0.05, 0) is 48.0 Å². The van der Waals surface area contributed by atoms with Crippen LogP contribution in [-0.2, 0) is 16.1 Å². The number of methoxy groups -OCH3 is 1. The third kappa shape index (κ3) is 6.72. The minimum Gasteiger partial charge on any atom is -0.487 e. The van der Waals surface area contributed by atoms with Crippen molar-refractivity contribution in [2.24, 2.45) is 0 Å². The average Bonchev–Trinajstić information content (AvgIpc) is 2.79. The van der Waals surface area contributed by atoms with Gasteiger partial charge in [0.1, 0.15) is 24.7 Å². The first-order valence-corrected chi connectivity index (χ1v) is 9.43. The fourth-order valence-electron chi connectivity index (χ4n) is 2.48. The molecule has 0 aliphatic heterocycles. The molecule has 154 valence electrons. The maximum absolute atomic E-state index is 12.3. The molecule has 3 aromatic rings. The number of carbonyl (C=O) groups excluding carboxylic acids is 1. The Morgan fingerprint density at radius 3 is 2.57 bits per heavy atom. The van der Waals surface area contributed by atoms with Gasteiger partial charge in [0.2, 0.25) is 11.8 Å². The fraction of sp³-hybridized carbons (Fsp3) is 0.174. The van der Waals surface area contributed by atoms with Gasteiger partial charge in [-0.3, -0.25) is 9.78 Å². The predicted molar refractivity (Wildman–Crippen MR) is 114 cm³/mol. The molecule has 7 heteroatoms. The lowest BCUT2D eigenvalue weighted by atomic mass is 10.2. The molecule has 2 aromatic heterocycles. The average molecular weight is 405 g/mol. The van der Waals surface area contributed by atoms with Crippen LogP contribution in [0, 0.1) is 0 Å². The van der Waals surface area contributed by atoms with Gasteiger partial charge in [0.15, 0.2) is 0 Å². The number of amides is 1. The Bertz CT molecular complexity index is 960. The normalized spacial score (nSPS) is 10.7. The van der Waals surface area contributed by atoms with Gasteiger partial charge in [0.25, 0.3) is 0 Å². The summed E-state index contributed by atoms with van der Waals surface area (Å²) in [6, 6.07) is 16.6. The van der Waals surface area contributed by atoms with Crippen LogP contribution < -0.4 is 14.8 Å². The van der Waals surface area contributed by atoms with Crippen molar-refractivity contribution in [1.82, 2.24) is 9.97 Å². The minimum atomic E-state index is -0.282. The molecule has 7 nitrogen and oxygen atoms in total. The Morgan fingerprint density at radius 1 is 0.967 bits per heavy atom. The van der Waals surface area contributed by atoms with Gasteiger partial charge in [0, 0.05) is 25.6 Å². The van der Waals surface area contributed by atoms with Gasteiger partial charge in [-0.1, -0.05) is 18.2 Å². The molecule has 0 saturated carbocycles. The molecule has 0 unspecified atom stereocenters. The first-order valence-electron chi connectivity index (χ1n) is 9.43. The van der Waals surface area contributed by atoms with E-state index in [0.717, 1.165) is 17.0 Å². The second kappa shape index (κ2) is 11.3. The van der Waals surface area contributed by atoms with E-state index >= 15 is 0 Å². The number of ether oxygens (including phenoxy) is 3. The number of pyridine rings is 2. The summed E-state index contributed by atoms with van der Waals surface area (Å²) in [6.07, 6.45) is 6.51. The van der Waals surface area contributed by atoms with Gasteiger partial charge in [-0.25, -0.2) is 4.98 Å². The zero-order chi connectivity index (χ0) is 21.0.